The topological polar surface area (TPSA) is 36.7 Å². The van der Waals surface area contributed by atoms with Gasteiger partial charge >= 0.3 is 0 Å². The molecule has 1 saturated heterocycles. The first-order valence-electron chi connectivity index (χ1n) is 10.5. The molecule has 1 aliphatic heterocycles. The van der Waals surface area contributed by atoms with Crippen LogP contribution in [0.15, 0.2) is 61.1 Å². The van der Waals surface area contributed by atoms with E-state index >= 15 is 0 Å². The minimum absolute atomic E-state index is 0.247. The standard InChI is InChI=1S/C24H27F2N5/c1-5-17(16(2)3)15-29(4)22-14-27-31-12-10-23(28-24(22)31)30-11-6-7-21(30)19-13-18(25)8-9-20(19)26/h5,8-10,12-16,21H,1,6-7,11H2,2-4H3/b17-15+/t21-/m1/s1. The summed E-state index contributed by atoms with van der Waals surface area (Å²) in [7, 11) is 1.96. The molecule has 31 heavy (non-hydrogen) atoms. The second-order valence-electron chi connectivity index (χ2n) is 8.20. The monoisotopic (exact) mass is 423 g/mol. The maximum absolute atomic E-state index is 14.5. The van der Waals surface area contributed by atoms with E-state index in [1.165, 1.54) is 12.1 Å². The van der Waals surface area contributed by atoms with Gasteiger partial charge in [0.15, 0.2) is 5.65 Å². The first-order chi connectivity index (χ1) is 14.9. The van der Waals surface area contributed by atoms with E-state index in [-0.39, 0.29) is 11.9 Å². The molecule has 1 fully saturated rings. The molecule has 0 radical (unpaired) electrons. The van der Waals surface area contributed by atoms with Crippen LogP contribution in [-0.4, -0.2) is 28.2 Å². The molecule has 1 atom stereocenters. The predicted molar refractivity (Wildman–Crippen MR) is 120 cm³/mol. The molecule has 0 bridgehead atoms. The number of rotatable bonds is 6. The van der Waals surface area contributed by atoms with Crippen LogP contribution in [0, 0.1) is 17.6 Å². The summed E-state index contributed by atoms with van der Waals surface area (Å²) >= 11 is 0. The molecular formula is C24H27F2N5. The Hall–Kier alpha value is -3.22. The minimum atomic E-state index is -0.429. The maximum atomic E-state index is 14.5. The van der Waals surface area contributed by atoms with Gasteiger partial charge in [-0.1, -0.05) is 26.5 Å². The molecule has 0 unspecified atom stereocenters. The summed E-state index contributed by atoms with van der Waals surface area (Å²) in [5.74, 6) is 0.253. The molecule has 1 aromatic carbocycles. The van der Waals surface area contributed by atoms with Gasteiger partial charge in [0.25, 0.3) is 0 Å². The molecule has 7 heteroatoms. The third kappa shape index (κ3) is 4.04. The highest BCUT2D eigenvalue weighted by molar-refractivity contribution is 5.71. The molecule has 3 aromatic rings. The van der Waals surface area contributed by atoms with E-state index < -0.39 is 5.82 Å². The number of hydrogen-bond donors (Lipinski definition) is 0. The number of halogens is 2. The van der Waals surface area contributed by atoms with Gasteiger partial charge in [0, 0.05) is 31.6 Å². The van der Waals surface area contributed by atoms with E-state index in [4.69, 9.17) is 4.98 Å². The normalized spacial score (nSPS) is 17.0. The number of aromatic nitrogens is 3. The Labute approximate surface area is 181 Å². The fraction of sp³-hybridized carbons (Fsp3) is 0.333. The highest BCUT2D eigenvalue weighted by Crippen LogP contribution is 2.37. The highest BCUT2D eigenvalue weighted by atomic mass is 19.1. The lowest BCUT2D eigenvalue weighted by Gasteiger charge is -2.26. The number of anilines is 2. The van der Waals surface area contributed by atoms with Crippen molar-refractivity contribution >= 4 is 17.2 Å². The molecule has 5 nitrogen and oxygen atoms in total. The molecule has 0 N–H and O–H groups in total. The van der Waals surface area contributed by atoms with Crippen LogP contribution in [0.4, 0.5) is 20.3 Å². The van der Waals surface area contributed by atoms with Gasteiger partial charge in [0.2, 0.25) is 0 Å². The van der Waals surface area contributed by atoms with E-state index in [1.54, 1.807) is 10.7 Å². The van der Waals surface area contributed by atoms with Gasteiger partial charge in [-0.15, -0.1) is 0 Å². The molecule has 0 aliphatic carbocycles. The van der Waals surface area contributed by atoms with E-state index in [0.717, 1.165) is 42.5 Å². The number of allylic oxidation sites excluding steroid dienone is 2. The van der Waals surface area contributed by atoms with Gasteiger partial charge in [0.1, 0.15) is 23.1 Å². The third-order valence-electron chi connectivity index (χ3n) is 5.82. The molecule has 162 valence electrons. The van der Waals surface area contributed by atoms with Gasteiger partial charge in [-0.2, -0.15) is 5.10 Å². The van der Waals surface area contributed by atoms with Crippen molar-refractivity contribution in [2.24, 2.45) is 5.92 Å². The van der Waals surface area contributed by atoms with Crippen molar-refractivity contribution in [1.82, 2.24) is 14.6 Å². The van der Waals surface area contributed by atoms with Crippen molar-refractivity contribution in [2.45, 2.75) is 32.7 Å². The van der Waals surface area contributed by atoms with Gasteiger partial charge in [-0.25, -0.2) is 18.3 Å². The average molecular weight is 424 g/mol. The number of fused-ring (bicyclic) bond motifs is 1. The van der Waals surface area contributed by atoms with Crippen LogP contribution in [-0.2, 0) is 0 Å². The summed E-state index contributed by atoms with van der Waals surface area (Å²) in [6.45, 7) is 8.87. The lowest BCUT2D eigenvalue weighted by molar-refractivity contribution is 0.560. The smallest absolute Gasteiger partial charge is 0.181 e. The van der Waals surface area contributed by atoms with Crippen LogP contribution in [0.3, 0.4) is 0 Å². The Kier molecular flexibility index (Phi) is 5.76. The van der Waals surface area contributed by atoms with Crippen LogP contribution >= 0.6 is 0 Å². The summed E-state index contributed by atoms with van der Waals surface area (Å²) in [5.41, 5.74) is 3.04. The number of hydrogen-bond acceptors (Lipinski definition) is 4. The Morgan fingerprint density at radius 3 is 2.84 bits per heavy atom. The van der Waals surface area contributed by atoms with Crippen molar-refractivity contribution < 1.29 is 8.78 Å². The lowest BCUT2D eigenvalue weighted by Crippen LogP contribution is -2.24. The number of nitrogens with zero attached hydrogens (tertiary/aromatic N) is 5. The predicted octanol–water partition coefficient (Wildman–Crippen LogP) is 5.51. The van der Waals surface area contributed by atoms with Crippen molar-refractivity contribution in [2.75, 3.05) is 23.4 Å². The maximum Gasteiger partial charge on any atom is 0.181 e. The second-order valence-corrected chi connectivity index (χ2v) is 8.20. The van der Waals surface area contributed by atoms with Crippen molar-refractivity contribution in [3.63, 3.8) is 0 Å². The average Bonchev–Trinajstić information content (AvgIpc) is 3.40. The summed E-state index contributed by atoms with van der Waals surface area (Å²) in [4.78, 5) is 8.90. The minimum Gasteiger partial charge on any atom is -0.349 e. The lowest BCUT2D eigenvalue weighted by atomic mass is 10.0. The largest absolute Gasteiger partial charge is 0.349 e. The molecular weight excluding hydrogens is 396 g/mol. The molecule has 0 spiro atoms. The molecule has 0 amide bonds. The fourth-order valence-electron chi connectivity index (χ4n) is 4.12. The van der Waals surface area contributed by atoms with Gasteiger partial charge in [0.05, 0.1) is 12.2 Å². The van der Waals surface area contributed by atoms with E-state index in [0.29, 0.717) is 17.1 Å². The third-order valence-corrected chi connectivity index (χ3v) is 5.82. The van der Waals surface area contributed by atoms with Crippen LogP contribution in [0.5, 0.6) is 0 Å². The van der Waals surface area contributed by atoms with E-state index in [2.05, 4.69) is 25.5 Å². The van der Waals surface area contributed by atoms with Gasteiger partial charge in [-0.3, -0.25) is 0 Å². The molecule has 4 rings (SSSR count). The van der Waals surface area contributed by atoms with Crippen LogP contribution in [0.25, 0.3) is 5.65 Å². The zero-order chi connectivity index (χ0) is 22.1. The second kappa shape index (κ2) is 8.49. The summed E-state index contributed by atoms with van der Waals surface area (Å²) in [6, 6.07) is 5.27. The number of benzene rings is 1. The van der Waals surface area contributed by atoms with E-state index in [9.17, 15) is 8.78 Å². The quantitative estimate of drug-likeness (QED) is 0.490. The van der Waals surface area contributed by atoms with Gasteiger partial charge < -0.3 is 9.80 Å². The molecule has 2 aromatic heterocycles. The van der Waals surface area contributed by atoms with Crippen molar-refractivity contribution in [3.8, 4) is 0 Å². The summed E-state index contributed by atoms with van der Waals surface area (Å²) in [5, 5.41) is 4.42. The summed E-state index contributed by atoms with van der Waals surface area (Å²) in [6.07, 6.45) is 9.15. The van der Waals surface area contributed by atoms with Gasteiger partial charge in [-0.05, 0) is 48.6 Å². The Bertz CT molecular complexity index is 1130. The van der Waals surface area contributed by atoms with E-state index in [1.807, 2.05) is 41.4 Å². The summed E-state index contributed by atoms with van der Waals surface area (Å²) < 4.78 is 30.0. The fourth-order valence-corrected chi connectivity index (χ4v) is 4.12. The molecule has 0 saturated carbocycles. The Balaban J connectivity index is 1.71. The molecule has 3 heterocycles. The van der Waals surface area contributed by atoms with Crippen molar-refractivity contribution in [1.29, 1.82) is 0 Å². The first kappa shape index (κ1) is 21.0. The van der Waals surface area contributed by atoms with Crippen LogP contribution in [0.1, 0.15) is 38.3 Å². The highest BCUT2D eigenvalue weighted by Gasteiger charge is 2.30. The zero-order valence-corrected chi connectivity index (χ0v) is 18.1. The van der Waals surface area contributed by atoms with Crippen LogP contribution < -0.4 is 9.80 Å². The Morgan fingerprint density at radius 2 is 2.10 bits per heavy atom. The SMILES string of the molecule is C=C/C(=C\N(C)c1cnn2ccc(N3CCC[C@@H]3c3cc(F)ccc3F)nc12)C(C)C. The first-order valence-corrected chi connectivity index (χ1v) is 10.5. The van der Waals surface area contributed by atoms with Crippen molar-refractivity contribution in [3.05, 3.63) is 78.3 Å². The van der Waals surface area contributed by atoms with Crippen LogP contribution in [0.2, 0.25) is 0 Å². The molecule has 1 aliphatic rings. The Morgan fingerprint density at radius 1 is 1.29 bits per heavy atom. The zero-order valence-electron chi connectivity index (χ0n) is 18.1.